The number of aromatic nitrogens is 1. The number of amides is 2. The average Bonchev–Trinajstić information content (AvgIpc) is 3.05. The topological polar surface area (TPSA) is 74.3 Å². The molecule has 1 aliphatic rings. The molecule has 2 N–H and O–H groups in total. The van der Waals surface area contributed by atoms with Gasteiger partial charge in [-0.3, -0.25) is 14.6 Å². The lowest BCUT2D eigenvalue weighted by Crippen LogP contribution is -2.33. The maximum absolute atomic E-state index is 12.8. The molecule has 1 aliphatic heterocycles. The summed E-state index contributed by atoms with van der Waals surface area (Å²) in [6.07, 6.45) is 2.32. The van der Waals surface area contributed by atoms with E-state index in [1.54, 1.807) is 12.3 Å². The summed E-state index contributed by atoms with van der Waals surface area (Å²) >= 11 is 0. The number of nitrogens with zero attached hydrogens (tertiary/aromatic N) is 2. The van der Waals surface area contributed by atoms with Gasteiger partial charge in [-0.25, -0.2) is 0 Å². The van der Waals surface area contributed by atoms with Crippen molar-refractivity contribution in [2.45, 2.75) is 26.1 Å². The summed E-state index contributed by atoms with van der Waals surface area (Å²) in [5.41, 5.74) is 3.83. The average molecular weight is 400 g/mol. The zero-order valence-corrected chi connectivity index (χ0v) is 16.8. The third-order valence-corrected chi connectivity index (χ3v) is 5.11. The maximum atomic E-state index is 12.8. The van der Waals surface area contributed by atoms with Gasteiger partial charge in [0.25, 0.3) is 11.8 Å². The molecule has 0 saturated heterocycles. The van der Waals surface area contributed by atoms with Crippen LogP contribution in [0.1, 0.15) is 51.5 Å². The van der Waals surface area contributed by atoms with Crippen molar-refractivity contribution in [2.75, 3.05) is 11.9 Å². The van der Waals surface area contributed by atoms with E-state index in [1.165, 1.54) is 0 Å². The lowest BCUT2D eigenvalue weighted by atomic mass is 10.1. The second-order valence-corrected chi connectivity index (χ2v) is 7.22. The molecule has 6 nitrogen and oxygen atoms in total. The van der Waals surface area contributed by atoms with Crippen molar-refractivity contribution in [1.82, 2.24) is 15.2 Å². The van der Waals surface area contributed by atoms with Gasteiger partial charge in [0.2, 0.25) is 0 Å². The minimum atomic E-state index is -0.250. The number of fused-ring (bicyclic) bond motifs is 1. The quantitative estimate of drug-likeness (QED) is 0.629. The Morgan fingerprint density at radius 1 is 1.07 bits per heavy atom. The molecule has 1 aromatic heterocycles. The highest BCUT2D eigenvalue weighted by atomic mass is 16.2. The molecule has 0 radical (unpaired) electrons. The molecule has 0 bridgehead atoms. The summed E-state index contributed by atoms with van der Waals surface area (Å²) in [6, 6.07) is 20.6. The zero-order chi connectivity index (χ0) is 20.9. The number of benzene rings is 2. The van der Waals surface area contributed by atoms with Crippen molar-refractivity contribution in [2.24, 2.45) is 0 Å². The van der Waals surface area contributed by atoms with Gasteiger partial charge in [-0.15, -0.1) is 0 Å². The monoisotopic (exact) mass is 400 g/mol. The van der Waals surface area contributed by atoms with Crippen LogP contribution in [0.25, 0.3) is 0 Å². The van der Waals surface area contributed by atoms with Crippen molar-refractivity contribution >= 4 is 17.5 Å². The van der Waals surface area contributed by atoms with Gasteiger partial charge < -0.3 is 15.5 Å². The third kappa shape index (κ3) is 4.03. The van der Waals surface area contributed by atoms with E-state index in [1.807, 2.05) is 65.6 Å². The number of rotatable bonds is 7. The van der Waals surface area contributed by atoms with Crippen LogP contribution in [0.5, 0.6) is 0 Å². The van der Waals surface area contributed by atoms with Crippen LogP contribution in [0.15, 0.2) is 72.9 Å². The normalized spacial score (nSPS) is 15.0. The Morgan fingerprint density at radius 2 is 1.90 bits per heavy atom. The van der Waals surface area contributed by atoms with E-state index in [0.29, 0.717) is 18.7 Å². The summed E-state index contributed by atoms with van der Waals surface area (Å²) in [6.45, 7) is 3.08. The maximum Gasteiger partial charge on any atom is 0.256 e. The van der Waals surface area contributed by atoms with Crippen molar-refractivity contribution in [3.63, 3.8) is 0 Å². The largest absolute Gasteiger partial charge is 0.361 e. The number of hydrogen-bond acceptors (Lipinski definition) is 4. The Morgan fingerprint density at radius 3 is 2.70 bits per heavy atom. The molecule has 0 saturated carbocycles. The molecule has 0 aliphatic carbocycles. The van der Waals surface area contributed by atoms with Gasteiger partial charge in [-0.1, -0.05) is 37.3 Å². The Kier molecular flexibility index (Phi) is 5.75. The van der Waals surface area contributed by atoms with Crippen LogP contribution in [0.3, 0.4) is 0 Å². The van der Waals surface area contributed by atoms with Gasteiger partial charge in [0, 0.05) is 35.1 Å². The SMILES string of the molecule is CCCN1C(=O)c2ccccc2C1Nc1cccc(C(=O)NCc2ccccn2)c1. The minimum Gasteiger partial charge on any atom is -0.361 e. The van der Waals surface area contributed by atoms with Crippen LogP contribution >= 0.6 is 0 Å². The van der Waals surface area contributed by atoms with Crippen LogP contribution in [-0.4, -0.2) is 28.2 Å². The fourth-order valence-electron chi connectivity index (χ4n) is 3.68. The summed E-state index contributed by atoms with van der Waals surface area (Å²) in [5, 5.41) is 6.34. The predicted molar refractivity (Wildman–Crippen MR) is 116 cm³/mol. The molecule has 2 amide bonds. The molecule has 1 atom stereocenters. The van der Waals surface area contributed by atoms with Crippen LogP contribution < -0.4 is 10.6 Å². The van der Waals surface area contributed by atoms with Crippen molar-refractivity contribution in [1.29, 1.82) is 0 Å². The zero-order valence-electron chi connectivity index (χ0n) is 16.8. The number of nitrogens with one attached hydrogen (secondary N) is 2. The molecule has 2 heterocycles. The fourth-order valence-corrected chi connectivity index (χ4v) is 3.68. The summed E-state index contributed by atoms with van der Waals surface area (Å²) in [4.78, 5) is 31.5. The Labute approximate surface area is 175 Å². The number of carbonyl (C=O) groups excluding carboxylic acids is 2. The standard InChI is InChI=1S/C24H24N4O2/c1-2-14-28-22(20-11-3-4-12-21(20)24(28)30)27-18-10-7-8-17(15-18)23(29)26-16-19-9-5-6-13-25-19/h3-13,15,22,27H,2,14,16H2,1H3,(H,26,29). The van der Waals surface area contributed by atoms with Crippen LogP contribution in [0, 0.1) is 0 Å². The van der Waals surface area contributed by atoms with Gasteiger partial charge in [0.15, 0.2) is 0 Å². The number of pyridine rings is 1. The van der Waals surface area contributed by atoms with E-state index in [9.17, 15) is 9.59 Å². The highest BCUT2D eigenvalue weighted by Gasteiger charge is 2.35. The van der Waals surface area contributed by atoms with Gasteiger partial charge in [-0.05, 0) is 42.8 Å². The van der Waals surface area contributed by atoms with E-state index in [0.717, 1.165) is 28.9 Å². The van der Waals surface area contributed by atoms with Crippen LogP contribution in [0.4, 0.5) is 5.69 Å². The number of carbonyl (C=O) groups is 2. The Balaban J connectivity index is 1.51. The lowest BCUT2D eigenvalue weighted by molar-refractivity contribution is 0.0742. The Hall–Kier alpha value is -3.67. The highest BCUT2D eigenvalue weighted by Crippen LogP contribution is 2.34. The molecular formula is C24H24N4O2. The van der Waals surface area contributed by atoms with E-state index >= 15 is 0 Å². The minimum absolute atomic E-state index is 0.0363. The van der Waals surface area contributed by atoms with Gasteiger partial charge >= 0.3 is 0 Å². The number of anilines is 1. The molecule has 2 aromatic carbocycles. The second-order valence-electron chi connectivity index (χ2n) is 7.22. The van der Waals surface area contributed by atoms with Gasteiger partial charge in [0.05, 0.1) is 12.2 Å². The molecule has 30 heavy (non-hydrogen) atoms. The third-order valence-electron chi connectivity index (χ3n) is 5.11. The lowest BCUT2D eigenvalue weighted by Gasteiger charge is -2.27. The number of hydrogen-bond donors (Lipinski definition) is 2. The molecular weight excluding hydrogens is 376 g/mol. The van der Waals surface area contributed by atoms with E-state index in [-0.39, 0.29) is 18.0 Å². The fraction of sp³-hybridized carbons (Fsp3) is 0.208. The Bertz CT molecular complexity index is 1050. The first-order chi connectivity index (χ1) is 14.7. The highest BCUT2D eigenvalue weighted by molar-refractivity contribution is 5.99. The van der Waals surface area contributed by atoms with Crippen LogP contribution in [-0.2, 0) is 6.54 Å². The summed E-state index contributed by atoms with van der Waals surface area (Å²) in [7, 11) is 0. The van der Waals surface area contributed by atoms with Crippen LogP contribution in [0.2, 0.25) is 0 Å². The van der Waals surface area contributed by atoms with Crippen molar-refractivity contribution in [3.05, 3.63) is 95.3 Å². The van der Waals surface area contributed by atoms with E-state index in [2.05, 4.69) is 22.5 Å². The van der Waals surface area contributed by atoms with Crippen molar-refractivity contribution in [3.8, 4) is 0 Å². The first kappa shape index (κ1) is 19.6. The first-order valence-electron chi connectivity index (χ1n) is 10.1. The van der Waals surface area contributed by atoms with Gasteiger partial charge in [-0.2, -0.15) is 0 Å². The summed E-state index contributed by atoms with van der Waals surface area (Å²) in [5.74, 6) is -0.133. The molecule has 152 valence electrons. The van der Waals surface area contributed by atoms with E-state index in [4.69, 9.17) is 0 Å². The first-order valence-corrected chi connectivity index (χ1v) is 10.1. The molecule has 4 rings (SSSR count). The molecule has 3 aromatic rings. The molecule has 0 spiro atoms. The smallest absolute Gasteiger partial charge is 0.256 e. The second kappa shape index (κ2) is 8.78. The predicted octanol–water partition coefficient (Wildman–Crippen LogP) is 3.99. The van der Waals surface area contributed by atoms with Gasteiger partial charge in [0.1, 0.15) is 6.17 Å². The molecule has 0 fully saturated rings. The van der Waals surface area contributed by atoms with E-state index < -0.39 is 0 Å². The van der Waals surface area contributed by atoms with Crippen molar-refractivity contribution < 1.29 is 9.59 Å². The molecule has 1 unspecified atom stereocenters. The molecule has 6 heteroatoms. The summed E-state index contributed by atoms with van der Waals surface area (Å²) < 4.78 is 0.